The summed E-state index contributed by atoms with van der Waals surface area (Å²) in [6.45, 7) is 1.89. The molecular formula is C24H26FN5O2. The number of carbonyl (C=O) groups excluding carboxylic acids is 1. The summed E-state index contributed by atoms with van der Waals surface area (Å²) in [6, 6.07) is 10.8. The highest BCUT2D eigenvalue weighted by molar-refractivity contribution is 5.98. The van der Waals surface area contributed by atoms with E-state index in [0.29, 0.717) is 55.7 Å². The van der Waals surface area contributed by atoms with Gasteiger partial charge in [0.25, 0.3) is 0 Å². The first kappa shape index (κ1) is 20.7. The molecule has 0 radical (unpaired) electrons. The first-order valence-corrected chi connectivity index (χ1v) is 11.0. The molecule has 5 rings (SSSR count). The number of aromatic amines is 1. The van der Waals surface area contributed by atoms with E-state index in [9.17, 15) is 9.90 Å². The minimum absolute atomic E-state index is 0.187. The fourth-order valence-corrected chi connectivity index (χ4v) is 4.51. The molecule has 1 aromatic heterocycles. The molecule has 4 N–H and O–H groups in total. The largest absolute Gasteiger partial charge is 0.393 e. The maximum Gasteiger partial charge on any atom is 0.241 e. The van der Waals surface area contributed by atoms with Gasteiger partial charge in [0.1, 0.15) is 5.82 Å². The molecule has 0 unspecified atom stereocenters. The van der Waals surface area contributed by atoms with Gasteiger partial charge in [-0.1, -0.05) is 24.3 Å². The Bertz CT molecular complexity index is 1110. The zero-order valence-corrected chi connectivity index (χ0v) is 17.6. The fourth-order valence-electron chi connectivity index (χ4n) is 4.51. The van der Waals surface area contributed by atoms with Crippen LogP contribution in [0.2, 0.25) is 0 Å². The number of benzene rings is 2. The van der Waals surface area contributed by atoms with Crippen molar-refractivity contribution in [1.29, 1.82) is 0 Å². The van der Waals surface area contributed by atoms with Crippen molar-refractivity contribution in [2.24, 2.45) is 0 Å². The molecule has 2 aliphatic heterocycles. The monoisotopic (exact) mass is 435 g/mol. The molecule has 0 spiro atoms. The second-order valence-corrected chi connectivity index (χ2v) is 8.45. The molecule has 0 aliphatic carbocycles. The van der Waals surface area contributed by atoms with Gasteiger partial charge < -0.3 is 20.6 Å². The van der Waals surface area contributed by atoms with Crippen LogP contribution in [0.5, 0.6) is 0 Å². The van der Waals surface area contributed by atoms with Crippen LogP contribution in [0.15, 0.2) is 48.8 Å². The van der Waals surface area contributed by atoms with Gasteiger partial charge in [-0.25, -0.2) is 4.39 Å². The van der Waals surface area contributed by atoms with E-state index in [2.05, 4.69) is 31.8 Å². The van der Waals surface area contributed by atoms with Gasteiger partial charge in [-0.05, 0) is 36.5 Å². The van der Waals surface area contributed by atoms with Gasteiger partial charge >= 0.3 is 0 Å². The molecule has 2 aromatic carbocycles. The Morgan fingerprint density at radius 1 is 1.19 bits per heavy atom. The zero-order valence-electron chi connectivity index (χ0n) is 17.6. The van der Waals surface area contributed by atoms with Crippen LogP contribution in [0.1, 0.15) is 24.0 Å². The standard InChI is InChI=1S/C24H26FN5O2/c25-20-11-21(29-24(32)22-9-15-3-1-2-4-16(15)12-26-22)23(30-7-5-18(31)6-8-30)10-19(20)17-13-27-28-14-17/h1-4,10-11,13-14,18,22,26,31H,5-9,12H2,(H,27,28)(H,29,32)/t22-/m1/s1. The van der Waals surface area contributed by atoms with E-state index in [4.69, 9.17) is 0 Å². The van der Waals surface area contributed by atoms with Crippen molar-refractivity contribution >= 4 is 17.3 Å². The lowest BCUT2D eigenvalue weighted by Gasteiger charge is -2.33. The van der Waals surface area contributed by atoms with E-state index in [1.807, 2.05) is 18.2 Å². The molecule has 1 amide bonds. The van der Waals surface area contributed by atoms with Crippen molar-refractivity contribution in [3.8, 4) is 11.1 Å². The second-order valence-electron chi connectivity index (χ2n) is 8.45. The molecule has 1 fully saturated rings. The normalized spacial score (nSPS) is 18.9. The van der Waals surface area contributed by atoms with Crippen molar-refractivity contribution in [3.05, 3.63) is 65.7 Å². The maximum absolute atomic E-state index is 15.0. The number of fused-ring (bicyclic) bond motifs is 1. The molecule has 7 nitrogen and oxygen atoms in total. The number of hydrogen-bond donors (Lipinski definition) is 4. The average Bonchev–Trinajstić information content (AvgIpc) is 3.34. The summed E-state index contributed by atoms with van der Waals surface area (Å²) in [7, 11) is 0. The summed E-state index contributed by atoms with van der Waals surface area (Å²) in [4.78, 5) is 15.2. The van der Waals surface area contributed by atoms with Crippen LogP contribution in [0.3, 0.4) is 0 Å². The molecule has 32 heavy (non-hydrogen) atoms. The lowest BCUT2D eigenvalue weighted by Crippen LogP contribution is -2.45. The smallest absolute Gasteiger partial charge is 0.241 e. The molecule has 1 saturated heterocycles. The third kappa shape index (κ3) is 4.11. The van der Waals surface area contributed by atoms with E-state index in [1.165, 1.54) is 11.6 Å². The Labute approximate surface area is 185 Å². The Morgan fingerprint density at radius 2 is 1.97 bits per heavy atom. The number of halogens is 1. The molecule has 3 aromatic rings. The lowest BCUT2D eigenvalue weighted by molar-refractivity contribution is -0.118. The van der Waals surface area contributed by atoms with Gasteiger partial charge in [-0.3, -0.25) is 9.89 Å². The summed E-state index contributed by atoms with van der Waals surface area (Å²) in [5.41, 5.74) is 4.60. The number of nitrogens with zero attached hydrogens (tertiary/aromatic N) is 2. The van der Waals surface area contributed by atoms with Crippen LogP contribution in [0, 0.1) is 5.82 Å². The number of nitrogens with one attached hydrogen (secondary N) is 3. The molecule has 0 bridgehead atoms. The minimum atomic E-state index is -0.426. The van der Waals surface area contributed by atoms with Crippen molar-refractivity contribution in [2.75, 3.05) is 23.3 Å². The first-order chi connectivity index (χ1) is 15.6. The van der Waals surface area contributed by atoms with Gasteiger partial charge in [0.05, 0.1) is 29.7 Å². The molecule has 0 saturated carbocycles. The maximum atomic E-state index is 15.0. The van der Waals surface area contributed by atoms with Gasteiger partial charge in [0.2, 0.25) is 5.91 Å². The SMILES string of the molecule is O=C(Nc1cc(F)c(-c2cn[nH]c2)cc1N1CCC(O)CC1)[C@H]1Cc2ccccc2CN1. The summed E-state index contributed by atoms with van der Waals surface area (Å²) in [5, 5.41) is 22.8. The van der Waals surface area contributed by atoms with Crippen molar-refractivity contribution < 1.29 is 14.3 Å². The lowest BCUT2D eigenvalue weighted by atomic mass is 9.95. The predicted octanol–water partition coefficient (Wildman–Crippen LogP) is 2.83. The summed E-state index contributed by atoms with van der Waals surface area (Å²) < 4.78 is 15.0. The number of aromatic nitrogens is 2. The average molecular weight is 436 g/mol. The van der Waals surface area contributed by atoms with Gasteiger partial charge in [-0.15, -0.1) is 0 Å². The molecule has 166 valence electrons. The number of hydrogen-bond acceptors (Lipinski definition) is 5. The Morgan fingerprint density at radius 3 is 2.72 bits per heavy atom. The Balaban J connectivity index is 1.43. The number of carbonyl (C=O) groups is 1. The van der Waals surface area contributed by atoms with E-state index in [0.717, 1.165) is 11.3 Å². The van der Waals surface area contributed by atoms with E-state index in [-0.39, 0.29) is 12.0 Å². The van der Waals surface area contributed by atoms with Gasteiger partial charge in [0, 0.05) is 43.0 Å². The second kappa shape index (κ2) is 8.72. The summed E-state index contributed by atoms with van der Waals surface area (Å²) in [5.74, 6) is -0.613. The fraction of sp³-hybridized carbons (Fsp3) is 0.333. The predicted molar refractivity (Wildman–Crippen MR) is 121 cm³/mol. The highest BCUT2D eigenvalue weighted by atomic mass is 19.1. The van der Waals surface area contributed by atoms with Gasteiger partial charge in [0.15, 0.2) is 0 Å². The molecule has 3 heterocycles. The molecular weight excluding hydrogens is 409 g/mol. The third-order valence-corrected chi connectivity index (χ3v) is 6.36. The number of rotatable bonds is 4. The van der Waals surface area contributed by atoms with Crippen LogP contribution in [0.25, 0.3) is 11.1 Å². The third-order valence-electron chi connectivity index (χ3n) is 6.36. The Kier molecular flexibility index (Phi) is 5.63. The number of H-pyrrole nitrogens is 1. The minimum Gasteiger partial charge on any atom is -0.393 e. The first-order valence-electron chi connectivity index (χ1n) is 11.0. The van der Waals surface area contributed by atoms with Crippen LogP contribution in [-0.2, 0) is 17.8 Å². The van der Waals surface area contributed by atoms with E-state index >= 15 is 4.39 Å². The molecule has 1 atom stereocenters. The van der Waals surface area contributed by atoms with Crippen molar-refractivity contribution in [2.45, 2.75) is 38.0 Å². The highest BCUT2D eigenvalue weighted by Gasteiger charge is 2.27. The van der Waals surface area contributed by atoms with Crippen molar-refractivity contribution in [1.82, 2.24) is 15.5 Å². The van der Waals surface area contributed by atoms with Crippen LogP contribution in [0.4, 0.5) is 15.8 Å². The van der Waals surface area contributed by atoms with Crippen LogP contribution in [-0.4, -0.2) is 46.4 Å². The quantitative estimate of drug-likeness (QED) is 0.506. The highest BCUT2D eigenvalue weighted by Crippen LogP contribution is 2.35. The zero-order chi connectivity index (χ0) is 22.1. The van der Waals surface area contributed by atoms with E-state index in [1.54, 1.807) is 18.5 Å². The summed E-state index contributed by atoms with van der Waals surface area (Å²) >= 11 is 0. The Hall–Kier alpha value is -3.23. The number of amides is 1. The molecule has 8 heteroatoms. The number of aliphatic hydroxyl groups is 1. The summed E-state index contributed by atoms with van der Waals surface area (Å²) in [6.07, 6.45) is 4.74. The topological polar surface area (TPSA) is 93.3 Å². The molecule has 2 aliphatic rings. The number of aliphatic hydroxyl groups excluding tert-OH is 1. The van der Waals surface area contributed by atoms with Gasteiger partial charge in [-0.2, -0.15) is 5.10 Å². The number of piperidine rings is 1. The van der Waals surface area contributed by atoms with Crippen LogP contribution < -0.4 is 15.5 Å². The van der Waals surface area contributed by atoms with E-state index < -0.39 is 11.9 Å². The van der Waals surface area contributed by atoms with Crippen molar-refractivity contribution in [3.63, 3.8) is 0 Å². The van der Waals surface area contributed by atoms with Crippen LogP contribution >= 0.6 is 0 Å². The number of anilines is 2.